The molecule has 5 nitrogen and oxygen atoms in total. The molecule has 0 bridgehead atoms. The molecule has 1 aromatic heterocycles. The Hall–Kier alpha value is -2.08. The number of nitrogens with zero attached hydrogens (tertiary/aromatic N) is 2. The summed E-state index contributed by atoms with van der Waals surface area (Å²) in [5.41, 5.74) is 4.45. The fourth-order valence-corrected chi connectivity index (χ4v) is 3.69. The van der Waals surface area contributed by atoms with Gasteiger partial charge in [0.2, 0.25) is 0 Å². The highest BCUT2D eigenvalue weighted by atomic mass is 32.1. The summed E-state index contributed by atoms with van der Waals surface area (Å²) >= 11 is 1.73. The lowest BCUT2D eigenvalue weighted by molar-refractivity contribution is 0.252. The van der Waals surface area contributed by atoms with Crippen LogP contribution in [0.25, 0.3) is 0 Å². The van der Waals surface area contributed by atoms with Gasteiger partial charge in [-0.2, -0.15) is 0 Å². The van der Waals surface area contributed by atoms with Crippen molar-refractivity contribution in [1.29, 1.82) is 0 Å². The van der Waals surface area contributed by atoms with E-state index in [2.05, 4.69) is 29.0 Å². The van der Waals surface area contributed by atoms with Gasteiger partial charge in [0.1, 0.15) is 5.01 Å². The highest BCUT2D eigenvalue weighted by molar-refractivity contribution is 7.09. The Balaban J connectivity index is 1.43. The molecule has 2 heterocycles. The molecule has 1 saturated heterocycles. The Labute approximate surface area is 139 Å². The van der Waals surface area contributed by atoms with Gasteiger partial charge in [-0.25, -0.2) is 9.78 Å². The molecule has 6 heteroatoms. The topological polar surface area (TPSA) is 57.3 Å². The normalized spacial score (nSPS) is 17.4. The standard InChI is InChI=1S/C17H20N4OS/c1-11-8-13(21-7-6-18-17(21)22)4-5-14(11)19-9-16-20-15(10-23-16)12-2-3-12/h4-5,8,10,12,19H,2-3,6-7,9H2,1H3,(H,18,22). The maximum atomic E-state index is 11.7. The lowest BCUT2D eigenvalue weighted by Gasteiger charge is -2.16. The van der Waals surface area contributed by atoms with Gasteiger partial charge in [-0.15, -0.1) is 11.3 Å². The molecule has 1 aliphatic heterocycles. The molecule has 1 saturated carbocycles. The van der Waals surface area contributed by atoms with Crippen molar-refractivity contribution >= 4 is 28.7 Å². The number of aryl methyl sites for hydroxylation is 1. The molecule has 1 aliphatic carbocycles. The van der Waals surface area contributed by atoms with Crippen molar-refractivity contribution in [2.45, 2.75) is 32.2 Å². The third kappa shape index (κ3) is 3.03. The van der Waals surface area contributed by atoms with Crippen LogP contribution in [0.1, 0.15) is 35.0 Å². The number of carbonyl (C=O) groups is 1. The van der Waals surface area contributed by atoms with Crippen molar-refractivity contribution in [1.82, 2.24) is 10.3 Å². The summed E-state index contributed by atoms with van der Waals surface area (Å²) < 4.78 is 0. The summed E-state index contributed by atoms with van der Waals surface area (Å²) in [6, 6.07) is 6.09. The van der Waals surface area contributed by atoms with E-state index >= 15 is 0 Å². The molecule has 2 N–H and O–H groups in total. The van der Waals surface area contributed by atoms with E-state index in [9.17, 15) is 4.79 Å². The highest BCUT2D eigenvalue weighted by Gasteiger charge is 2.26. The van der Waals surface area contributed by atoms with Gasteiger partial charge in [0.15, 0.2) is 0 Å². The Morgan fingerprint density at radius 3 is 3.00 bits per heavy atom. The molecule has 2 amide bonds. The van der Waals surface area contributed by atoms with Gasteiger partial charge in [0.05, 0.1) is 12.2 Å². The van der Waals surface area contributed by atoms with Crippen LogP contribution in [-0.4, -0.2) is 24.1 Å². The van der Waals surface area contributed by atoms with Crippen LogP contribution in [0.3, 0.4) is 0 Å². The summed E-state index contributed by atoms with van der Waals surface area (Å²) in [6.07, 6.45) is 2.59. The second kappa shape index (κ2) is 5.85. The number of hydrogen-bond donors (Lipinski definition) is 2. The Morgan fingerprint density at radius 2 is 2.30 bits per heavy atom. The number of amides is 2. The number of hydrogen-bond acceptors (Lipinski definition) is 4. The maximum absolute atomic E-state index is 11.7. The summed E-state index contributed by atoms with van der Waals surface area (Å²) in [7, 11) is 0. The number of benzene rings is 1. The molecule has 0 spiro atoms. The van der Waals surface area contributed by atoms with Crippen molar-refractivity contribution in [3.8, 4) is 0 Å². The zero-order valence-electron chi connectivity index (χ0n) is 13.1. The van der Waals surface area contributed by atoms with Crippen LogP contribution in [0, 0.1) is 6.92 Å². The number of urea groups is 1. The smallest absolute Gasteiger partial charge is 0.321 e. The monoisotopic (exact) mass is 328 g/mol. The minimum Gasteiger partial charge on any atom is -0.378 e. The molecule has 0 unspecified atom stereocenters. The summed E-state index contributed by atoms with van der Waals surface area (Å²) in [5, 5.41) is 9.61. The van der Waals surface area contributed by atoms with E-state index in [4.69, 9.17) is 4.98 Å². The molecule has 4 rings (SSSR count). The summed E-state index contributed by atoms with van der Waals surface area (Å²) in [6.45, 7) is 4.26. The number of rotatable bonds is 5. The van der Waals surface area contributed by atoms with E-state index in [1.165, 1.54) is 18.5 Å². The average Bonchev–Trinajstić information content (AvgIpc) is 3.13. The van der Waals surface area contributed by atoms with E-state index in [1.807, 2.05) is 12.1 Å². The number of carbonyl (C=O) groups excluding carboxylic acids is 1. The van der Waals surface area contributed by atoms with Crippen molar-refractivity contribution in [2.75, 3.05) is 23.3 Å². The third-order valence-electron chi connectivity index (χ3n) is 4.37. The van der Waals surface area contributed by atoms with Gasteiger partial charge in [-0.3, -0.25) is 4.90 Å². The van der Waals surface area contributed by atoms with E-state index in [-0.39, 0.29) is 6.03 Å². The van der Waals surface area contributed by atoms with E-state index in [0.717, 1.165) is 35.0 Å². The lowest BCUT2D eigenvalue weighted by atomic mass is 10.1. The second-order valence-corrected chi connectivity index (χ2v) is 7.12. The molecule has 2 aliphatic rings. The van der Waals surface area contributed by atoms with Crippen LogP contribution in [0.2, 0.25) is 0 Å². The Morgan fingerprint density at radius 1 is 1.43 bits per heavy atom. The van der Waals surface area contributed by atoms with Crippen LogP contribution in [0.5, 0.6) is 0 Å². The fraction of sp³-hybridized carbons (Fsp3) is 0.412. The number of anilines is 2. The third-order valence-corrected chi connectivity index (χ3v) is 5.24. The Bertz CT molecular complexity index is 738. The van der Waals surface area contributed by atoms with Crippen molar-refractivity contribution in [3.05, 3.63) is 39.8 Å². The van der Waals surface area contributed by atoms with Crippen molar-refractivity contribution in [3.63, 3.8) is 0 Å². The van der Waals surface area contributed by atoms with Gasteiger partial charge in [-0.05, 0) is 43.5 Å². The maximum Gasteiger partial charge on any atom is 0.321 e. The predicted octanol–water partition coefficient (Wildman–Crippen LogP) is 3.47. The van der Waals surface area contributed by atoms with Crippen LogP contribution in [0.4, 0.5) is 16.2 Å². The quantitative estimate of drug-likeness (QED) is 0.883. The second-order valence-electron chi connectivity index (χ2n) is 6.18. The van der Waals surface area contributed by atoms with Crippen LogP contribution in [-0.2, 0) is 6.54 Å². The molecule has 0 radical (unpaired) electrons. The molecular formula is C17H20N4OS. The number of aromatic nitrogens is 1. The van der Waals surface area contributed by atoms with E-state index in [0.29, 0.717) is 12.5 Å². The molecule has 2 aromatic rings. The number of nitrogens with one attached hydrogen (secondary N) is 2. The zero-order chi connectivity index (χ0) is 15.8. The molecule has 2 fully saturated rings. The zero-order valence-corrected chi connectivity index (χ0v) is 13.9. The first kappa shape index (κ1) is 14.5. The van der Waals surface area contributed by atoms with Gasteiger partial charge >= 0.3 is 6.03 Å². The van der Waals surface area contributed by atoms with E-state index < -0.39 is 0 Å². The van der Waals surface area contributed by atoms with Crippen LogP contribution in [0.15, 0.2) is 23.6 Å². The van der Waals surface area contributed by atoms with Gasteiger partial charge in [0, 0.05) is 35.8 Å². The first-order valence-corrected chi connectivity index (χ1v) is 8.93. The molecule has 1 aromatic carbocycles. The summed E-state index contributed by atoms with van der Waals surface area (Å²) in [4.78, 5) is 18.2. The van der Waals surface area contributed by atoms with E-state index in [1.54, 1.807) is 16.2 Å². The minimum atomic E-state index is -0.0134. The summed E-state index contributed by atoms with van der Waals surface area (Å²) in [5.74, 6) is 0.715. The first-order chi connectivity index (χ1) is 11.2. The SMILES string of the molecule is Cc1cc(N2CCNC2=O)ccc1NCc1nc(C2CC2)cs1. The Kier molecular flexibility index (Phi) is 3.69. The van der Waals surface area contributed by atoms with Crippen molar-refractivity contribution in [2.24, 2.45) is 0 Å². The lowest BCUT2D eigenvalue weighted by Crippen LogP contribution is -2.27. The first-order valence-electron chi connectivity index (χ1n) is 8.05. The largest absolute Gasteiger partial charge is 0.378 e. The molecular weight excluding hydrogens is 308 g/mol. The van der Waals surface area contributed by atoms with Crippen LogP contribution < -0.4 is 15.5 Å². The minimum absolute atomic E-state index is 0.0134. The van der Waals surface area contributed by atoms with Gasteiger partial charge < -0.3 is 10.6 Å². The predicted molar refractivity (Wildman–Crippen MR) is 93.3 cm³/mol. The highest BCUT2D eigenvalue weighted by Crippen LogP contribution is 2.40. The molecule has 120 valence electrons. The van der Waals surface area contributed by atoms with Gasteiger partial charge in [-0.1, -0.05) is 0 Å². The number of thiazole rings is 1. The van der Waals surface area contributed by atoms with Gasteiger partial charge in [0.25, 0.3) is 0 Å². The average molecular weight is 328 g/mol. The van der Waals surface area contributed by atoms with Crippen LogP contribution >= 0.6 is 11.3 Å². The molecule has 23 heavy (non-hydrogen) atoms. The van der Waals surface area contributed by atoms with Crippen molar-refractivity contribution < 1.29 is 4.79 Å². The fourth-order valence-electron chi connectivity index (χ4n) is 2.88. The molecule has 0 atom stereocenters.